The van der Waals surface area contributed by atoms with Gasteiger partial charge in [0.15, 0.2) is 5.78 Å². The Labute approximate surface area is 235 Å². The number of halogens is 1. The van der Waals surface area contributed by atoms with Crippen LogP contribution < -0.4 is 5.32 Å². The summed E-state index contributed by atoms with van der Waals surface area (Å²) in [5.41, 5.74) is 4.22. The number of benzene rings is 2. The number of carbonyl (C=O) groups is 2. The predicted molar refractivity (Wildman–Crippen MR) is 158 cm³/mol. The maximum Gasteiger partial charge on any atom is 0.307 e. The smallest absolute Gasteiger partial charge is 0.307 e. The van der Waals surface area contributed by atoms with Crippen LogP contribution in [-0.4, -0.2) is 36.8 Å². The van der Waals surface area contributed by atoms with Gasteiger partial charge in [-0.05, 0) is 47.6 Å². The highest BCUT2D eigenvalue weighted by molar-refractivity contribution is 9.09. The lowest BCUT2D eigenvalue weighted by atomic mass is 9.82. The second kappa shape index (κ2) is 14.1. The molecule has 0 fully saturated rings. The summed E-state index contributed by atoms with van der Waals surface area (Å²) in [6, 6.07) is 15.1. The van der Waals surface area contributed by atoms with Crippen molar-refractivity contribution >= 4 is 33.4 Å². The molecule has 2 aromatic carbocycles. The van der Waals surface area contributed by atoms with E-state index < -0.39 is 0 Å². The fraction of sp³-hybridized carbons (Fsp3) is 0.375. The summed E-state index contributed by atoms with van der Waals surface area (Å²) in [6.45, 7) is 7.19. The average Bonchev–Trinajstić information content (AvgIpc) is 3.16. The van der Waals surface area contributed by atoms with Crippen molar-refractivity contribution in [1.82, 2.24) is 0 Å². The van der Waals surface area contributed by atoms with Crippen molar-refractivity contribution < 1.29 is 19.1 Å². The first-order chi connectivity index (χ1) is 18.3. The summed E-state index contributed by atoms with van der Waals surface area (Å²) in [4.78, 5) is 25.8. The first-order valence-electron chi connectivity index (χ1n) is 13.1. The van der Waals surface area contributed by atoms with Crippen LogP contribution in [0, 0.1) is 0 Å². The highest BCUT2D eigenvalue weighted by Gasteiger charge is 2.21. The molecule has 5 nitrogen and oxygen atoms in total. The minimum Gasteiger partial charge on any atom is -0.497 e. The first kappa shape index (κ1) is 29.4. The number of carbonyl (C=O) groups excluding carboxylic acids is 2. The van der Waals surface area contributed by atoms with Crippen molar-refractivity contribution in [3.63, 3.8) is 0 Å². The summed E-state index contributed by atoms with van der Waals surface area (Å²) >= 11 is 3.38. The first-order valence-corrected chi connectivity index (χ1v) is 14.2. The molecule has 0 spiro atoms. The van der Waals surface area contributed by atoms with Gasteiger partial charge in [0, 0.05) is 34.6 Å². The molecule has 0 saturated carbocycles. The molecular weight excluding hydrogens is 542 g/mol. The van der Waals surface area contributed by atoms with Gasteiger partial charge in [0.1, 0.15) is 0 Å². The summed E-state index contributed by atoms with van der Waals surface area (Å²) in [7, 11) is 1.39. The van der Waals surface area contributed by atoms with Crippen LogP contribution in [0.2, 0.25) is 0 Å². The molecular formula is C32H38BrNO4. The van der Waals surface area contributed by atoms with Gasteiger partial charge in [-0.25, -0.2) is 0 Å². The maximum absolute atomic E-state index is 13.5. The van der Waals surface area contributed by atoms with E-state index in [4.69, 9.17) is 9.47 Å². The number of alkyl halides is 1. The molecule has 0 aliphatic heterocycles. The largest absolute Gasteiger partial charge is 0.497 e. The average molecular weight is 581 g/mol. The zero-order valence-electron chi connectivity index (χ0n) is 22.8. The zero-order valence-corrected chi connectivity index (χ0v) is 24.3. The monoisotopic (exact) mass is 579 g/mol. The van der Waals surface area contributed by atoms with E-state index in [-0.39, 0.29) is 29.6 Å². The van der Waals surface area contributed by atoms with Crippen LogP contribution in [0.1, 0.15) is 67.9 Å². The number of allylic oxidation sites excluding steroid dienone is 4. The van der Waals surface area contributed by atoms with Crippen LogP contribution in [0.15, 0.2) is 84.2 Å². The van der Waals surface area contributed by atoms with Crippen molar-refractivity contribution in [2.45, 2.75) is 57.9 Å². The molecule has 1 unspecified atom stereocenters. The minimum atomic E-state index is -0.310. The molecule has 2 aromatic rings. The maximum atomic E-state index is 13.5. The quantitative estimate of drug-likeness (QED) is 0.151. The molecule has 0 heterocycles. The molecule has 0 saturated heterocycles. The number of ether oxygens (including phenoxy) is 2. The number of methoxy groups -OCH3 is 1. The lowest BCUT2D eigenvalue weighted by Gasteiger charge is -2.23. The molecule has 1 N–H and O–H groups in total. The van der Waals surface area contributed by atoms with Crippen molar-refractivity contribution in [3.8, 4) is 0 Å². The van der Waals surface area contributed by atoms with Crippen LogP contribution in [0.3, 0.4) is 0 Å². The van der Waals surface area contributed by atoms with Crippen molar-refractivity contribution in [3.05, 3.63) is 101 Å². The van der Waals surface area contributed by atoms with E-state index in [0.717, 1.165) is 23.1 Å². The number of para-hydroxylation sites is 1. The molecule has 1 aliphatic rings. The summed E-state index contributed by atoms with van der Waals surface area (Å²) in [5.74, 6) is 0.531. The van der Waals surface area contributed by atoms with E-state index in [1.54, 1.807) is 0 Å². The van der Waals surface area contributed by atoms with Gasteiger partial charge in [-0.15, -0.1) is 0 Å². The van der Waals surface area contributed by atoms with Gasteiger partial charge in [0.2, 0.25) is 0 Å². The lowest BCUT2D eigenvalue weighted by Crippen LogP contribution is -2.25. The van der Waals surface area contributed by atoms with Crippen LogP contribution >= 0.6 is 15.9 Å². The van der Waals surface area contributed by atoms with E-state index in [0.29, 0.717) is 36.3 Å². The van der Waals surface area contributed by atoms with Gasteiger partial charge in [-0.3, -0.25) is 9.59 Å². The SMILES string of the molecule is CCC(C)(C)c1ccc(C(=O)c2ccccc2NC(CC(=O)OC)CC2=CC=C(OCCBr)CC=C2)cc1. The van der Waals surface area contributed by atoms with Crippen LogP contribution in [0.4, 0.5) is 5.69 Å². The second-order valence-electron chi connectivity index (χ2n) is 10.0. The number of rotatable bonds is 13. The van der Waals surface area contributed by atoms with E-state index >= 15 is 0 Å². The number of nitrogens with one attached hydrogen (secondary N) is 1. The van der Waals surface area contributed by atoms with Gasteiger partial charge in [-0.1, -0.05) is 91.3 Å². The summed E-state index contributed by atoms with van der Waals surface area (Å²) < 4.78 is 10.7. The second-order valence-corrected chi connectivity index (χ2v) is 10.8. The fourth-order valence-corrected chi connectivity index (χ4v) is 4.43. The highest BCUT2D eigenvalue weighted by atomic mass is 79.9. The number of hydrogen-bond donors (Lipinski definition) is 1. The van der Waals surface area contributed by atoms with E-state index in [2.05, 4.69) is 54.2 Å². The molecule has 0 radical (unpaired) electrons. The van der Waals surface area contributed by atoms with Crippen molar-refractivity contribution in [2.24, 2.45) is 0 Å². The molecule has 0 amide bonds. The topological polar surface area (TPSA) is 64.6 Å². The molecule has 3 rings (SSSR count). The lowest BCUT2D eigenvalue weighted by molar-refractivity contribution is -0.140. The van der Waals surface area contributed by atoms with Crippen LogP contribution in [0.5, 0.6) is 0 Å². The van der Waals surface area contributed by atoms with Gasteiger partial charge < -0.3 is 14.8 Å². The molecule has 6 heteroatoms. The Kier molecular flexibility index (Phi) is 11.0. The third-order valence-corrected chi connectivity index (χ3v) is 7.29. The molecule has 0 bridgehead atoms. The Morgan fingerprint density at radius 1 is 1.08 bits per heavy atom. The fourth-order valence-electron chi connectivity index (χ4n) is 4.27. The molecule has 1 aliphatic carbocycles. The van der Waals surface area contributed by atoms with Gasteiger partial charge in [0.05, 0.1) is 25.9 Å². The Hall–Kier alpha value is -3.12. The Bertz CT molecular complexity index is 1190. The standard InChI is InChI=1S/C32H38BrNO4/c1-5-32(2,3)25-16-14-24(15-17-25)31(36)28-11-6-7-12-29(28)34-26(22-30(35)37-4)21-23-9-8-10-27(18-13-23)38-20-19-33/h6-9,11-18,26,34H,5,10,19-22H2,1-4H3. The number of anilines is 1. The minimum absolute atomic E-state index is 0.0548. The number of esters is 1. The third-order valence-electron chi connectivity index (χ3n) is 6.97. The van der Waals surface area contributed by atoms with Crippen LogP contribution in [-0.2, 0) is 19.7 Å². The molecule has 1 atom stereocenters. The van der Waals surface area contributed by atoms with E-state index in [9.17, 15) is 9.59 Å². The normalized spacial score (nSPS) is 14.1. The summed E-state index contributed by atoms with van der Waals surface area (Å²) in [6.07, 6.45) is 10.6. The van der Waals surface area contributed by atoms with Crippen molar-refractivity contribution in [2.75, 3.05) is 24.4 Å². The molecule has 38 heavy (non-hydrogen) atoms. The van der Waals surface area contributed by atoms with Gasteiger partial charge in [-0.2, -0.15) is 0 Å². The Morgan fingerprint density at radius 3 is 2.50 bits per heavy atom. The van der Waals surface area contributed by atoms with Crippen molar-refractivity contribution in [1.29, 1.82) is 0 Å². The molecule has 0 aromatic heterocycles. The zero-order chi connectivity index (χ0) is 27.5. The third kappa shape index (κ3) is 8.19. The summed E-state index contributed by atoms with van der Waals surface area (Å²) in [5, 5.41) is 4.24. The van der Waals surface area contributed by atoms with Gasteiger partial charge in [0.25, 0.3) is 0 Å². The van der Waals surface area contributed by atoms with Gasteiger partial charge >= 0.3 is 5.97 Å². The molecule has 202 valence electrons. The number of ketones is 1. The number of hydrogen-bond acceptors (Lipinski definition) is 5. The van der Waals surface area contributed by atoms with E-state index in [1.807, 2.05) is 60.7 Å². The Morgan fingerprint density at radius 2 is 1.82 bits per heavy atom. The highest BCUT2D eigenvalue weighted by Crippen LogP contribution is 2.28. The predicted octanol–water partition coefficient (Wildman–Crippen LogP) is 7.52. The van der Waals surface area contributed by atoms with E-state index in [1.165, 1.54) is 12.7 Å². The Balaban J connectivity index is 1.83. The van der Waals surface area contributed by atoms with Crippen LogP contribution in [0.25, 0.3) is 0 Å².